The van der Waals surface area contributed by atoms with Crippen molar-refractivity contribution >= 4 is 17.8 Å². The number of methoxy groups -OCH3 is 1. The van der Waals surface area contributed by atoms with Gasteiger partial charge in [0.25, 0.3) is 5.91 Å². The summed E-state index contributed by atoms with van der Waals surface area (Å²) in [6, 6.07) is 7.36. The SMILES string of the molecule is C#C.CC.CC/C=C(/C)C/C=C\CC1=CCC(OCCCC(O)OC)C=C1.CC=N/C(=C\NCC)c1ccc(C(=O)NC)cc1. The summed E-state index contributed by atoms with van der Waals surface area (Å²) in [5.41, 5.74) is 5.26. The molecule has 250 valence electrons. The number of ether oxygens (including phenoxy) is 2. The molecule has 7 heteroatoms. The van der Waals surface area contributed by atoms with Gasteiger partial charge in [-0.15, -0.1) is 12.8 Å². The monoisotopic (exact) mass is 621 g/mol. The van der Waals surface area contributed by atoms with Crippen LogP contribution < -0.4 is 10.6 Å². The highest BCUT2D eigenvalue weighted by Gasteiger charge is 2.09. The number of benzene rings is 1. The van der Waals surface area contributed by atoms with Gasteiger partial charge in [0.2, 0.25) is 0 Å². The number of amides is 1. The number of nitrogens with one attached hydrogen (secondary N) is 2. The molecule has 1 aliphatic rings. The second-order valence-electron chi connectivity index (χ2n) is 9.59. The van der Waals surface area contributed by atoms with Crippen LogP contribution in [-0.4, -0.2) is 56.9 Å². The molecule has 0 spiro atoms. The average Bonchev–Trinajstić information content (AvgIpc) is 3.09. The van der Waals surface area contributed by atoms with Gasteiger partial charge in [-0.05, 0) is 70.6 Å². The third-order valence-corrected chi connectivity index (χ3v) is 6.23. The first kappa shape index (κ1) is 43.4. The smallest absolute Gasteiger partial charge is 0.251 e. The van der Waals surface area contributed by atoms with Crippen LogP contribution in [0.2, 0.25) is 0 Å². The van der Waals surface area contributed by atoms with E-state index in [9.17, 15) is 9.90 Å². The Balaban J connectivity index is 0. The van der Waals surface area contributed by atoms with Crippen LogP contribution in [-0.2, 0) is 9.47 Å². The first-order chi connectivity index (χ1) is 21.9. The summed E-state index contributed by atoms with van der Waals surface area (Å²) < 4.78 is 10.6. The first-order valence-corrected chi connectivity index (χ1v) is 16.0. The molecule has 3 N–H and O–H groups in total. The van der Waals surface area contributed by atoms with Gasteiger partial charge < -0.3 is 25.2 Å². The molecule has 0 saturated heterocycles. The molecule has 45 heavy (non-hydrogen) atoms. The zero-order valence-corrected chi connectivity index (χ0v) is 29.0. The molecule has 2 atom stereocenters. The van der Waals surface area contributed by atoms with E-state index in [1.54, 1.807) is 25.4 Å². The Morgan fingerprint density at radius 1 is 1.16 bits per heavy atom. The molecular formula is C38H59N3O4. The number of aliphatic imine (C=N–C) groups is 1. The van der Waals surface area contributed by atoms with Crippen LogP contribution >= 0.6 is 0 Å². The molecule has 7 nitrogen and oxygen atoms in total. The maximum Gasteiger partial charge on any atom is 0.251 e. The Bertz CT molecular complexity index is 1100. The minimum atomic E-state index is -0.672. The first-order valence-electron chi connectivity index (χ1n) is 16.0. The van der Waals surface area contributed by atoms with Crippen LogP contribution in [0.3, 0.4) is 0 Å². The molecule has 0 saturated carbocycles. The van der Waals surface area contributed by atoms with Gasteiger partial charge in [0, 0.05) is 57.3 Å². The number of aliphatic hydroxyl groups excluding tert-OH is 1. The number of carbonyl (C=O) groups excluding carboxylic acids is 1. The van der Waals surface area contributed by atoms with Crippen molar-refractivity contribution in [2.24, 2.45) is 4.99 Å². The topological polar surface area (TPSA) is 92.2 Å². The lowest BCUT2D eigenvalue weighted by atomic mass is 10.0. The summed E-state index contributed by atoms with van der Waals surface area (Å²) >= 11 is 0. The molecule has 2 rings (SSSR count). The number of terminal acetylenes is 1. The van der Waals surface area contributed by atoms with Crippen LogP contribution in [0.5, 0.6) is 0 Å². The second-order valence-corrected chi connectivity index (χ2v) is 9.59. The zero-order valence-electron chi connectivity index (χ0n) is 29.0. The summed E-state index contributed by atoms with van der Waals surface area (Å²) in [5, 5.41) is 15.0. The minimum absolute atomic E-state index is 0.0854. The molecule has 1 aromatic rings. The summed E-state index contributed by atoms with van der Waals surface area (Å²) in [5.74, 6) is -0.0854. The van der Waals surface area contributed by atoms with Crippen LogP contribution in [0, 0.1) is 12.8 Å². The highest BCUT2D eigenvalue weighted by Crippen LogP contribution is 2.18. The number of aliphatic hydroxyl groups is 1. The van der Waals surface area contributed by atoms with E-state index in [0.29, 0.717) is 18.6 Å². The van der Waals surface area contributed by atoms with E-state index in [4.69, 9.17) is 9.47 Å². The highest BCUT2D eigenvalue weighted by atomic mass is 16.6. The van der Waals surface area contributed by atoms with Gasteiger partial charge in [0.1, 0.15) is 0 Å². The predicted octanol–water partition coefficient (Wildman–Crippen LogP) is 8.02. The van der Waals surface area contributed by atoms with Gasteiger partial charge in [0.15, 0.2) is 6.29 Å². The molecule has 0 aliphatic heterocycles. The van der Waals surface area contributed by atoms with Crippen molar-refractivity contribution in [2.75, 3.05) is 27.3 Å². The Hall–Kier alpha value is -3.70. The normalized spacial score (nSPS) is 15.1. The Labute approximate surface area is 274 Å². The van der Waals surface area contributed by atoms with Crippen LogP contribution in [0.4, 0.5) is 0 Å². The third-order valence-electron chi connectivity index (χ3n) is 6.23. The Kier molecular flexibility index (Phi) is 29.3. The quantitative estimate of drug-likeness (QED) is 0.0572. The van der Waals surface area contributed by atoms with E-state index >= 15 is 0 Å². The molecule has 0 fully saturated rings. The van der Waals surface area contributed by atoms with Crippen LogP contribution in [0.15, 0.2) is 83.1 Å². The molecule has 1 amide bonds. The number of hydrogen-bond donors (Lipinski definition) is 3. The average molecular weight is 622 g/mol. The van der Waals surface area contributed by atoms with Crippen molar-refractivity contribution in [2.45, 2.75) is 92.5 Å². The molecule has 0 bridgehead atoms. The molecule has 0 heterocycles. The van der Waals surface area contributed by atoms with Gasteiger partial charge in [-0.3, -0.25) is 9.79 Å². The van der Waals surface area contributed by atoms with Gasteiger partial charge in [-0.2, -0.15) is 0 Å². The lowest BCUT2D eigenvalue weighted by Gasteiger charge is -2.17. The molecule has 0 aromatic heterocycles. The summed E-state index contributed by atoms with van der Waals surface area (Å²) in [7, 11) is 3.13. The van der Waals surface area contributed by atoms with Crippen LogP contribution in [0.1, 0.15) is 96.0 Å². The largest absolute Gasteiger partial charge is 0.389 e. The summed E-state index contributed by atoms with van der Waals surface area (Å²) in [4.78, 5) is 15.7. The van der Waals surface area contributed by atoms with Crippen molar-refractivity contribution in [3.8, 4) is 12.8 Å². The summed E-state index contributed by atoms with van der Waals surface area (Å²) in [6.45, 7) is 13.8. The maximum atomic E-state index is 11.4. The minimum Gasteiger partial charge on any atom is -0.389 e. The lowest BCUT2D eigenvalue weighted by molar-refractivity contribution is -0.0828. The van der Waals surface area contributed by atoms with E-state index in [1.165, 1.54) is 18.3 Å². The number of nitrogens with zero attached hydrogens (tertiary/aromatic N) is 1. The molecule has 1 aliphatic carbocycles. The Morgan fingerprint density at radius 3 is 2.36 bits per heavy atom. The fourth-order valence-electron chi connectivity index (χ4n) is 3.92. The van der Waals surface area contributed by atoms with Gasteiger partial charge >= 0.3 is 0 Å². The van der Waals surface area contributed by atoms with Crippen LogP contribution in [0.25, 0.3) is 5.70 Å². The van der Waals surface area contributed by atoms with E-state index in [1.807, 2.05) is 46.0 Å². The molecule has 1 aromatic carbocycles. The van der Waals surface area contributed by atoms with Crippen molar-refractivity contribution in [3.05, 3.63) is 89.2 Å². The van der Waals surface area contributed by atoms with E-state index in [2.05, 4.69) is 78.8 Å². The maximum absolute atomic E-state index is 11.4. The fourth-order valence-corrected chi connectivity index (χ4v) is 3.92. The van der Waals surface area contributed by atoms with Crippen molar-refractivity contribution in [3.63, 3.8) is 0 Å². The number of rotatable bonds is 16. The third kappa shape index (κ3) is 21.6. The predicted molar refractivity (Wildman–Crippen MR) is 193 cm³/mol. The van der Waals surface area contributed by atoms with Gasteiger partial charge in [-0.25, -0.2) is 0 Å². The number of allylic oxidation sites excluding steroid dienone is 6. The highest BCUT2D eigenvalue weighted by molar-refractivity contribution is 5.94. The van der Waals surface area contributed by atoms with Crippen molar-refractivity contribution in [1.29, 1.82) is 0 Å². The van der Waals surface area contributed by atoms with Crippen molar-refractivity contribution < 1.29 is 19.4 Å². The summed E-state index contributed by atoms with van der Waals surface area (Å²) in [6.07, 6.45) is 29.9. The molecule has 0 radical (unpaired) electrons. The van der Waals surface area contributed by atoms with E-state index in [-0.39, 0.29) is 12.0 Å². The molecular weight excluding hydrogens is 562 g/mol. The number of hydrogen-bond acceptors (Lipinski definition) is 6. The van der Waals surface area contributed by atoms with E-state index in [0.717, 1.165) is 49.9 Å². The zero-order chi connectivity index (χ0) is 34.3. The second kappa shape index (κ2) is 30.3. The lowest BCUT2D eigenvalue weighted by Crippen LogP contribution is -2.17. The van der Waals surface area contributed by atoms with Gasteiger partial charge in [0.05, 0.1) is 11.8 Å². The Morgan fingerprint density at radius 2 is 1.82 bits per heavy atom. The van der Waals surface area contributed by atoms with Crippen molar-refractivity contribution in [1.82, 2.24) is 10.6 Å². The fraction of sp³-hybridized carbons (Fsp3) is 0.474. The standard InChI is InChI=1S/C20H32O3.C14H19N3O.C2H6.C2H2/c1-4-8-17(2)9-5-6-10-18-12-14-19(15-13-18)23-16-7-11-20(21)22-3;1-4-16-10-13(17-5-2)11-6-8-12(9-7-11)14(18)15-3;2*1-2/h5-6,8,12-14,19-21H,4,7,9-11,15-16H2,1-3H3;5-10,16H,4H2,1-3H3,(H,15,18);1-2H3;1-2H/b6-5-,17-8-;13-10-,17-5?;;. The van der Waals surface area contributed by atoms with E-state index < -0.39 is 6.29 Å². The number of carbonyl (C=O) groups is 1. The van der Waals surface area contributed by atoms with Gasteiger partial charge in [-0.1, -0.05) is 74.9 Å². The molecule has 2 unspecified atom stereocenters.